The fourth-order valence-corrected chi connectivity index (χ4v) is 3.97. The molecule has 2 N–H and O–H groups in total. The van der Waals surface area contributed by atoms with Crippen LogP contribution in [0.2, 0.25) is 5.02 Å². The Morgan fingerprint density at radius 2 is 1.81 bits per heavy atom. The van der Waals surface area contributed by atoms with E-state index in [9.17, 15) is 26.4 Å². The van der Waals surface area contributed by atoms with Crippen molar-refractivity contribution in [3.8, 4) is 5.75 Å². The zero-order valence-electron chi connectivity index (χ0n) is 15.4. The maximum atomic E-state index is 12.6. The number of hydrogen-bond donors (Lipinski definition) is 2. The predicted octanol–water partition coefficient (Wildman–Crippen LogP) is 4.56. The lowest BCUT2D eigenvalue weighted by atomic mass is 10.2. The Hall–Kier alpha value is -3.02. The molecular formula is C19H14ClF3N2O5S. The summed E-state index contributed by atoms with van der Waals surface area (Å²) in [6, 6.07) is 11.3. The standard InChI is InChI=1S/C19H14ClF3N2O5S/c20-16-8-3-12(10-17(16)31(27,28)24-11-15-2-1-9-29-15)18(26)25-13-4-6-14(7-5-13)30-19(21,22)23/h1-10,24H,11H2,(H,25,26). The molecule has 2 aromatic carbocycles. The van der Waals surface area contributed by atoms with Gasteiger partial charge in [-0.25, -0.2) is 13.1 Å². The maximum absolute atomic E-state index is 12.6. The van der Waals surface area contributed by atoms with Gasteiger partial charge in [0.05, 0.1) is 17.8 Å². The van der Waals surface area contributed by atoms with E-state index in [1.807, 2.05) is 0 Å². The van der Waals surface area contributed by atoms with Crippen LogP contribution in [0.3, 0.4) is 0 Å². The first-order valence-corrected chi connectivity index (χ1v) is 10.4. The summed E-state index contributed by atoms with van der Waals surface area (Å²) in [5.74, 6) is -0.761. The van der Waals surface area contributed by atoms with Crippen LogP contribution < -0.4 is 14.8 Å². The number of benzene rings is 2. The van der Waals surface area contributed by atoms with E-state index < -0.39 is 28.0 Å². The zero-order chi connectivity index (χ0) is 22.6. The quantitative estimate of drug-likeness (QED) is 0.523. The van der Waals surface area contributed by atoms with Crippen molar-refractivity contribution in [2.75, 3.05) is 5.32 Å². The highest BCUT2D eigenvalue weighted by atomic mass is 35.5. The fourth-order valence-electron chi connectivity index (χ4n) is 2.45. The Morgan fingerprint density at radius 3 is 2.42 bits per heavy atom. The number of anilines is 1. The molecule has 0 unspecified atom stereocenters. The number of amides is 1. The van der Waals surface area contributed by atoms with Gasteiger partial charge in [0.1, 0.15) is 16.4 Å². The number of hydrogen-bond acceptors (Lipinski definition) is 5. The molecule has 1 heterocycles. The number of sulfonamides is 1. The number of alkyl halides is 3. The number of carbonyl (C=O) groups excluding carboxylic acids is 1. The fraction of sp³-hybridized carbons (Fsp3) is 0.105. The average Bonchev–Trinajstić information content (AvgIpc) is 3.21. The molecule has 0 saturated carbocycles. The molecule has 0 saturated heterocycles. The van der Waals surface area contributed by atoms with Gasteiger partial charge in [-0.3, -0.25) is 4.79 Å². The topological polar surface area (TPSA) is 97.6 Å². The van der Waals surface area contributed by atoms with Crippen LogP contribution in [-0.2, 0) is 16.6 Å². The van der Waals surface area contributed by atoms with Gasteiger partial charge < -0.3 is 14.5 Å². The van der Waals surface area contributed by atoms with Crippen LogP contribution in [0.25, 0.3) is 0 Å². The third kappa shape index (κ3) is 6.23. The van der Waals surface area contributed by atoms with Crippen LogP contribution in [-0.4, -0.2) is 20.7 Å². The number of nitrogens with one attached hydrogen (secondary N) is 2. The first kappa shape index (κ1) is 22.7. The molecule has 0 fully saturated rings. The van der Waals surface area contributed by atoms with E-state index in [1.54, 1.807) is 12.1 Å². The van der Waals surface area contributed by atoms with Crippen LogP contribution in [0.5, 0.6) is 5.75 Å². The van der Waals surface area contributed by atoms with Crippen molar-refractivity contribution in [2.45, 2.75) is 17.8 Å². The summed E-state index contributed by atoms with van der Waals surface area (Å²) >= 11 is 6.00. The second kappa shape index (κ2) is 9.00. The van der Waals surface area contributed by atoms with Crippen molar-refractivity contribution < 1.29 is 35.5 Å². The molecule has 7 nitrogen and oxygen atoms in total. The van der Waals surface area contributed by atoms with Gasteiger partial charge in [0.25, 0.3) is 5.91 Å². The Bertz CT molecular complexity index is 1160. The zero-order valence-corrected chi connectivity index (χ0v) is 17.0. The van der Waals surface area contributed by atoms with E-state index in [0.29, 0.717) is 5.76 Å². The highest BCUT2D eigenvalue weighted by Crippen LogP contribution is 2.26. The number of carbonyl (C=O) groups is 1. The molecule has 3 aromatic rings. The van der Waals surface area contributed by atoms with Gasteiger partial charge in [-0.15, -0.1) is 13.2 Å². The second-order valence-corrected chi connectivity index (χ2v) is 8.22. The van der Waals surface area contributed by atoms with Gasteiger partial charge in [0.2, 0.25) is 10.0 Å². The summed E-state index contributed by atoms with van der Waals surface area (Å²) in [6.45, 7) is -0.117. The minimum absolute atomic E-state index is 0.0293. The van der Waals surface area contributed by atoms with Gasteiger partial charge >= 0.3 is 6.36 Å². The van der Waals surface area contributed by atoms with Crippen molar-refractivity contribution in [1.29, 1.82) is 0 Å². The molecule has 0 aliphatic heterocycles. The van der Waals surface area contributed by atoms with E-state index in [1.165, 1.54) is 30.5 Å². The van der Waals surface area contributed by atoms with Crippen molar-refractivity contribution in [3.63, 3.8) is 0 Å². The smallest absolute Gasteiger partial charge is 0.468 e. The minimum atomic E-state index is -4.83. The molecule has 0 radical (unpaired) electrons. The first-order chi connectivity index (χ1) is 14.5. The molecule has 31 heavy (non-hydrogen) atoms. The van der Waals surface area contributed by atoms with Crippen LogP contribution in [0.1, 0.15) is 16.1 Å². The Kier molecular flexibility index (Phi) is 6.58. The molecular weight excluding hydrogens is 461 g/mol. The van der Waals surface area contributed by atoms with Crippen LogP contribution in [0.4, 0.5) is 18.9 Å². The van der Waals surface area contributed by atoms with E-state index in [0.717, 1.165) is 18.2 Å². The lowest BCUT2D eigenvalue weighted by molar-refractivity contribution is -0.274. The normalized spacial score (nSPS) is 11.9. The Balaban J connectivity index is 1.73. The third-order valence-electron chi connectivity index (χ3n) is 3.85. The van der Waals surface area contributed by atoms with E-state index in [-0.39, 0.29) is 27.7 Å². The Labute approximate surface area is 179 Å². The van der Waals surface area contributed by atoms with Gasteiger partial charge in [0, 0.05) is 11.3 Å². The van der Waals surface area contributed by atoms with Crippen molar-refractivity contribution >= 4 is 33.2 Å². The monoisotopic (exact) mass is 474 g/mol. The molecule has 0 aliphatic rings. The molecule has 0 spiro atoms. The predicted molar refractivity (Wildman–Crippen MR) is 105 cm³/mol. The van der Waals surface area contributed by atoms with Gasteiger partial charge in [-0.2, -0.15) is 0 Å². The van der Waals surface area contributed by atoms with Crippen LogP contribution >= 0.6 is 11.6 Å². The molecule has 3 rings (SSSR count). The first-order valence-electron chi connectivity index (χ1n) is 8.52. The highest BCUT2D eigenvalue weighted by molar-refractivity contribution is 7.89. The van der Waals surface area contributed by atoms with E-state index in [4.69, 9.17) is 16.0 Å². The van der Waals surface area contributed by atoms with Gasteiger partial charge in [0.15, 0.2) is 0 Å². The number of furan rings is 1. The SMILES string of the molecule is O=C(Nc1ccc(OC(F)(F)F)cc1)c1ccc(Cl)c(S(=O)(=O)NCc2ccco2)c1. The van der Waals surface area contributed by atoms with Crippen molar-refractivity contribution in [1.82, 2.24) is 4.72 Å². The van der Waals surface area contributed by atoms with Crippen LogP contribution in [0.15, 0.2) is 70.2 Å². The van der Waals surface area contributed by atoms with Crippen LogP contribution in [0, 0.1) is 0 Å². The molecule has 164 valence electrons. The molecule has 0 aliphatic carbocycles. The minimum Gasteiger partial charge on any atom is -0.468 e. The third-order valence-corrected chi connectivity index (χ3v) is 5.73. The van der Waals surface area contributed by atoms with Gasteiger partial charge in [-0.1, -0.05) is 11.6 Å². The lowest BCUT2D eigenvalue weighted by Gasteiger charge is -2.11. The summed E-state index contributed by atoms with van der Waals surface area (Å²) in [6.07, 6.45) is -3.44. The molecule has 0 bridgehead atoms. The average molecular weight is 475 g/mol. The van der Waals surface area contributed by atoms with E-state index in [2.05, 4.69) is 14.8 Å². The maximum Gasteiger partial charge on any atom is 0.573 e. The Morgan fingerprint density at radius 1 is 1.10 bits per heavy atom. The summed E-state index contributed by atoms with van der Waals surface area (Å²) in [4.78, 5) is 12.1. The summed E-state index contributed by atoms with van der Waals surface area (Å²) in [5.41, 5.74) is 0.146. The summed E-state index contributed by atoms with van der Waals surface area (Å²) < 4.78 is 72.9. The molecule has 1 aromatic heterocycles. The highest BCUT2D eigenvalue weighted by Gasteiger charge is 2.31. The van der Waals surface area contributed by atoms with E-state index >= 15 is 0 Å². The molecule has 12 heteroatoms. The van der Waals surface area contributed by atoms with Crippen molar-refractivity contribution in [3.05, 3.63) is 77.2 Å². The van der Waals surface area contributed by atoms with Crippen molar-refractivity contribution in [2.24, 2.45) is 0 Å². The number of rotatable bonds is 7. The summed E-state index contributed by atoms with van der Waals surface area (Å²) in [5, 5.41) is 2.35. The summed E-state index contributed by atoms with van der Waals surface area (Å²) in [7, 11) is -4.06. The number of ether oxygens (including phenoxy) is 1. The molecule has 0 atom stereocenters. The second-order valence-electron chi connectivity index (χ2n) is 6.08. The largest absolute Gasteiger partial charge is 0.573 e. The molecule has 1 amide bonds. The lowest BCUT2D eigenvalue weighted by Crippen LogP contribution is -2.24. The van der Waals surface area contributed by atoms with Gasteiger partial charge in [-0.05, 0) is 54.6 Å². The number of halogens is 4.